The van der Waals surface area contributed by atoms with E-state index in [9.17, 15) is 8.42 Å². The van der Waals surface area contributed by atoms with E-state index in [1.165, 1.54) is 18.6 Å². The second kappa shape index (κ2) is 5.03. The van der Waals surface area contributed by atoms with E-state index in [1.54, 1.807) is 12.1 Å². The molecular weight excluding hydrogens is 240 g/mol. The number of nitrogens with one attached hydrogen (secondary N) is 1. The van der Waals surface area contributed by atoms with Crippen LogP contribution in [0, 0.1) is 0 Å². The molecule has 0 bridgehead atoms. The van der Waals surface area contributed by atoms with Gasteiger partial charge < -0.3 is 10.1 Å². The van der Waals surface area contributed by atoms with Crippen LogP contribution in [0.1, 0.15) is 12.8 Å². The Balaban J connectivity index is 1.94. The Bertz CT molecular complexity index is 464. The van der Waals surface area contributed by atoms with Crippen molar-refractivity contribution in [3.05, 3.63) is 24.3 Å². The fourth-order valence-electron chi connectivity index (χ4n) is 1.82. The van der Waals surface area contributed by atoms with Crippen LogP contribution in [0.15, 0.2) is 29.2 Å². The molecule has 0 saturated carbocycles. The Hall–Kier alpha value is -1.11. The summed E-state index contributed by atoms with van der Waals surface area (Å²) in [6, 6.07) is 6.54. The minimum atomic E-state index is -3.62. The first-order valence-electron chi connectivity index (χ1n) is 5.55. The van der Waals surface area contributed by atoms with Crippen molar-refractivity contribution in [1.29, 1.82) is 0 Å². The predicted molar refractivity (Wildman–Crippen MR) is 64.3 cm³/mol. The third-order valence-electron chi connectivity index (χ3n) is 2.77. The molecular formula is C11H16N2O3S. The Morgan fingerprint density at radius 2 is 2.06 bits per heavy atom. The summed E-state index contributed by atoms with van der Waals surface area (Å²) < 4.78 is 27.6. The number of ether oxygens (including phenoxy) is 1. The average Bonchev–Trinajstić information content (AvgIpc) is 2.78. The van der Waals surface area contributed by atoms with Gasteiger partial charge in [0.25, 0.3) is 0 Å². The van der Waals surface area contributed by atoms with Gasteiger partial charge in [-0.15, -0.1) is 0 Å². The van der Waals surface area contributed by atoms with Crippen LogP contribution < -0.4 is 15.2 Å². The van der Waals surface area contributed by atoms with E-state index < -0.39 is 10.0 Å². The number of nitrogens with two attached hydrogens (primary N) is 1. The zero-order chi connectivity index (χ0) is 12.3. The van der Waals surface area contributed by atoms with Crippen molar-refractivity contribution in [2.45, 2.75) is 23.8 Å². The zero-order valence-corrected chi connectivity index (χ0v) is 10.2. The first-order chi connectivity index (χ1) is 8.05. The molecule has 5 nitrogen and oxygen atoms in total. The molecule has 1 fully saturated rings. The van der Waals surface area contributed by atoms with Crippen molar-refractivity contribution in [2.24, 2.45) is 5.14 Å². The Kier molecular flexibility index (Phi) is 3.66. The lowest BCUT2D eigenvalue weighted by molar-refractivity contribution is 0.277. The highest BCUT2D eigenvalue weighted by Gasteiger charge is 2.14. The highest BCUT2D eigenvalue weighted by Crippen LogP contribution is 2.16. The van der Waals surface area contributed by atoms with Gasteiger partial charge in [0.15, 0.2) is 0 Å². The predicted octanol–water partition coefficient (Wildman–Crippen LogP) is 0.465. The molecule has 1 heterocycles. The number of hydrogen-bond donors (Lipinski definition) is 2. The Morgan fingerprint density at radius 1 is 1.35 bits per heavy atom. The third kappa shape index (κ3) is 3.42. The molecule has 1 atom stereocenters. The van der Waals surface area contributed by atoms with E-state index in [-0.39, 0.29) is 4.90 Å². The van der Waals surface area contributed by atoms with E-state index in [0.717, 1.165) is 13.0 Å². The molecule has 1 aromatic rings. The standard InChI is InChI=1S/C11H16N2O3S/c12-17(14,15)11-5-3-10(4-6-11)16-8-9-2-1-7-13-9/h3-6,9,13H,1-2,7-8H2,(H2,12,14,15). The second-order valence-corrected chi connectivity index (χ2v) is 5.68. The van der Waals surface area contributed by atoms with Crippen LogP contribution in [-0.4, -0.2) is 27.6 Å². The van der Waals surface area contributed by atoms with Crippen molar-refractivity contribution in [2.75, 3.05) is 13.2 Å². The van der Waals surface area contributed by atoms with Crippen molar-refractivity contribution >= 4 is 10.0 Å². The number of benzene rings is 1. The summed E-state index contributed by atoms with van der Waals surface area (Å²) in [5, 5.41) is 8.32. The number of hydrogen-bond acceptors (Lipinski definition) is 4. The van der Waals surface area contributed by atoms with Gasteiger partial charge in [0.2, 0.25) is 10.0 Å². The van der Waals surface area contributed by atoms with Crippen LogP contribution in [0.2, 0.25) is 0 Å². The van der Waals surface area contributed by atoms with E-state index in [2.05, 4.69) is 5.32 Å². The minimum absolute atomic E-state index is 0.101. The van der Waals surface area contributed by atoms with Crippen LogP contribution in [0.3, 0.4) is 0 Å². The Morgan fingerprint density at radius 3 is 2.59 bits per heavy atom. The lowest BCUT2D eigenvalue weighted by atomic mass is 10.2. The molecule has 1 unspecified atom stereocenters. The molecule has 1 saturated heterocycles. The Labute approximate surface area is 101 Å². The SMILES string of the molecule is NS(=O)(=O)c1ccc(OCC2CCCN2)cc1. The summed E-state index contributed by atoms with van der Waals surface area (Å²) in [6.07, 6.45) is 2.30. The van der Waals surface area contributed by atoms with Crippen molar-refractivity contribution in [1.82, 2.24) is 5.32 Å². The van der Waals surface area contributed by atoms with Crippen molar-refractivity contribution in [3.8, 4) is 5.75 Å². The van der Waals surface area contributed by atoms with E-state index in [0.29, 0.717) is 18.4 Å². The maximum Gasteiger partial charge on any atom is 0.238 e. The van der Waals surface area contributed by atoms with Gasteiger partial charge in [0, 0.05) is 6.04 Å². The number of rotatable bonds is 4. The third-order valence-corrected chi connectivity index (χ3v) is 3.70. The summed E-state index contributed by atoms with van der Waals surface area (Å²) in [5.41, 5.74) is 0. The summed E-state index contributed by atoms with van der Waals surface area (Å²) in [4.78, 5) is 0.101. The summed E-state index contributed by atoms with van der Waals surface area (Å²) in [7, 11) is -3.62. The highest BCUT2D eigenvalue weighted by molar-refractivity contribution is 7.89. The number of primary sulfonamides is 1. The molecule has 6 heteroatoms. The van der Waals surface area contributed by atoms with Crippen molar-refractivity contribution < 1.29 is 13.2 Å². The van der Waals surface area contributed by atoms with Crippen LogP contribution in [0.25, 0.3) is 0 Å². The van der Waals surface area contributed by atoms with Gasteiger partial charge in [-0.05, 0) is 43.7 Å². The average molecular weight is 256 g/mol. The fourth-order valence-corrected chi connectivity index (χ4v) is 2.34. The summed E-state index contributed by atoms with van der Waals surface area (Å²) in [5.74, 6) is 0.658. The molecule has 1 aliphatic heterocycles. The largest absolute Gasteiger partial charge is 0.492 e. The molecule has 0 spiro atoms. The monoisotopic (exact) mass is 256 g/mol. The molecule has 3 N–H and O–H groups in total. The highest BCUT2D eigenvalue weighted by atomic mass is 32.2. The van der Waals surface area contributed by atoms with E-state index in [4.69, 9.17) is 9.88 Å². The van der Waals surface area contributed by atoms with Crippen LogP contribution in [0.4, 0.5) is 0 Å². The smallest absolute Gasteiger partial charge is 0.238 e. The molecule has 0 aromatic heterocycles. The van der Waals surface area contributed by atoms with Gasteiger partial charge in [0.1, 0.15) is 12.4 Å². The molecule has 1 aromatic carbocycles. The number of sulfonamides is 1. The van der Waals surface area contributed by atoms with Gasteiger partial charge in [0.05, 0.1) is 4.90 Å². The van der Waals surface area contributed by atoms with Gasteiger partial charge in [-0.25, -0.2) is 13.6 Å². The topological polar surface area (TPSA) is 81.4 Å². The molecule has 17 heavy (non-hydrogen) atoms. The van der Waals surface area contributed by atoms with Gasteiger partial charge in [-0.2, -0.15) is 0 Å². The van der Waals surface area contributed by atoms with Crippen molar-refractivity contribution in [3.63, 3.8) is 0 Å². The molecule has 0 radical (unpaired) electrons. The lowest BCUT2D eigenvalue weighted by Crippen LogP contribution is -2.28. The molecule has 1 aliphatic rings. The summed E-state index contributed by atoms with van der Waals surface area (Å²) in [6.45, 7) is 1.65. The molecule has 2 rings (SSSR count). The first-order valence-corrected chi connectivity index (χ1v) is 7.09. The van der Waals surface area contributed by atoms with Crippen LogP contribution >= 0.6 is 0 Å². The fraction of sp³-hybridized carbons (Fsp3) is 0.455. The maximum atomic E-state index is 11.0. The molecule has 94 valence electrons. The normalized spacial score (nSPS) is 20.4. The van der Waals surface area contributed by atoms with E-state index in [1.807, 2.05) is 0 Å². The quantitative estimate of drug-likeness (QED) is 0.820. The lowest BCUT2D eigenvalue weighted by Gasteiger charge is -2.12. The van der Waals surface area contributed by atoms with Crippen LogP contribution in [-0.2, 0) is 10.0 Å². The van der Waals surface area contributed by atoms with Gasteiger partial charge in [-0.3, -0.25) is 0 Å². The van der Waals surface area contributed by atoms with E-state index >= 15 is 0 Å². The second-order valence-electron chi connectivity index (χ2n) is 4.12. The first kappa shape index (κ1) is 12.3. The minimum Gasteiger partial charge on any atom is -0.492 e. The summed E-state index contributed by atoms with van der Waals surface area (Å²) >= 11 is 0. The van der Waals surface area contributed by atoms with Gasteiger partial charge in [-0.1, -0.05) is 0 Å². The van der Waals surface area contributed by atoms with Crippen LogP contribution in [0.5, 0.6) is 5.75 Å². The molecule has 0 aliphatic carbocycles. The zero-order valence-electron chi connectivity index (χ0n) is 9.43. The maximum absolute atomic E-state index is 11.0. The van der Waals surface area contributed by atoms with Gasteiger partial charge >= 0.3 is 0 Å². The molecule has 0 amide bonds.